The van der Waals surface area contributed by atoms with Crippen molar-refractivity contribution in [2.24, 2.45) is 0 Å². The Kier molecular flexibility index (Phi) is 6.94. The van der Waals surface area contributed by atoms with Crippen molar-refractivity contribution in [3.63, 3.8) is 0 Å². The Morgan fingerprint density at radius 3 is 2.32 bits per heavy atom. The maximum absolute atomic E-state index is 12.7. The highest BCUT2D eigenvalue weighted by atomic mass is 35.5. The summed E-state index contributed by atoms with van der Waals surface area (Å²) in [6, 6.07) is 19.4. The molecule has 3 aromatic carbocycles. The lowest BCUT2D eigenvalue weighted by Gasteiger charge is -2.13. The van der Waals surface area contributed by atoms with Gasteiger partial charge in [-0.15, -0.1) is 0 Å². The topological polar surface area (TPSA) is 102 Å². The minimum absolute atomic E-state index is 0.00206. The van der Waals surface area contributed by atoms with Crippen molar-refractivity contribution in [1.29, 1.82) is 0 Å². The molecule has 160 valence electrons. The molecule has 7 nitrogen and oxygen atoms in total. The van der Waals surface area contributed by atoms with Crippen LogP contribution in [0.2, 0.25) is 5.02 Å². The SMILES string of the molecule is CS(=O)(=O)c1ccccc1NC(=O)COc1ccc(Cl)cc1C(=O)Nc1ccccc1. The summed E-state index contributed by atoms with van der Waals surface area (Å²) < 4.78 is 29.3. The zero-order valence-electron chi connectivity index (χ0n) is 16.5. The maximum atomic E-state index is 12.7. The molecule has 0 saturated heterocycles. The van der Waals surface area contributed by atoms with Crippen molar-refractivity contribution in [2.45, 2.75) is 4.90 Å². The van der Waals surface area contributed by atoms with Crippen LogP contribution in [-0.4, -0.2) is 33.1 Å². The molecule has 0 atom stereocenters. The largest absolute Gasteiger partial charge is 0.483 e. The second-order valence-corrected chi connectivity index (χ2v) is 8.99. The lowest BCUT2D eigenvalue weighted by Crippen LogP contribution is -2.22. The van der Waals surface area contributed by atoms with E-state index < -0.39 is 28.3 Å². The molecule has 0 bridgehead atoms. The lowest BCUT2D eigenvalue weighted by atomic mass is 10.2. The number of hydrogen-bond donors (Lipinski definition) is 2. The van der Waals surface area contributed by atoms with Crippen molar-refractivity contribution in [3.05, 3.63) is 83.4 Å². The normalized spacial score (nSPS) is 10.9. The van der Waals surface area contributed by atoms with Gasteiger partial charge in [-0.1, -0.05) is 41.9 Å². The molecule has 31 heavy (non-hydrogen) atoms. The summed E-state index contributed by atoms with van der Waals surface area (Å²) in [5.41, 5.74) is 0.894. The average Bonchev–Trinajstić information content (AvgIpc) is 2.73. The molecular weight excluding hydrogens is 440 g/mol. The van der Waals surface area contributed by atoms with Gasteiger partial charge in [0.15, 0.2) is 16.4 Å². The number of carbonyl (C=O) groups is 2. The van der Waals surface area contributed by atoms with Crippen LogP contribution in [0.1, 0.15) is 10.4 Å². The number of anilines is 2. The number of nitrogens with one attached hydrogen (secondary N) is 2. The van der Waals surface area contributed by atoms with Crippen molar-refractivity contribution in [2.75, 3.05) is 23.5 Å². The molecule has 0 spiro atoms. The third kappa shape index (κ3) is 6.07. The summed E-state index contributed by atoms with van der Waals surface area (Å²) in [5.74, 6) is -0.878. The van der Waals surface area contributed by atoms with Gasteiger partial charge < -0.3 is 15.4 Å². The van der Waals surface area contributed by atoms with Gasteiger partial charge in [0.2, 0.25) is 0 Å². The van der Waals surface area contributed by atoms with Crippen LogP contribution >= 0.6 is 11.6 Å². The van der Waals surface area contributed by atoms with E-state index in [2.05, 4.69) is 10.6 Å². The van der Waals surface area contributed by atoms with Gasteiger partial charge in [0.05, 0.1) is 16.1 Å². The van der Waals surface area contributed by atoms with Crippen LogP contribution in [0.3, 0.4) is 0 Å². The van der Waals surface area contributed by atoms with E-state index >= 15 is 0 Å². The fourth-order valence-electron chi connectivity index (χ4n) is 2.75. The zero-order chi connectivity index (χ0) is 22.4. The molecule has 0 aliphatic heterocycles. The van der Waals surface area contributed by atoms with Gasteiger partial charge in [0, 0.05) is 17.0 Å². The molecule has 3 aromatic rings. The molecule has 9 heteroatoms. The predicted octanol–water partition coefficient (Wildman–Crippen LogP) is 4.01. The van der Waals surface area contributed by atoms with E-state index in [0.29, 0.717) is 10.7 Å². The van der Waals surface area contributed by atoms with Crippen molar-refractivity contribution >= 4 is 44.6 Å². The fraction of sp³-hybridized carbons (Fsp3) is 0.0909. The first-order chi connectivity index (χ1) is 14.7. The Morgan fingerprint density at radius 1 is 0.935 bits per heavy atom. The Bertz CT molecular complexity index is 1210. The van der Waals surface area contributed by atoms with Gasteiger partial charge in [-0.3, -0.25) is 9.59 Å². The number of para-hydroxylation sites is 2. The van der Waals surface area contributed by atoms with Crippen LogP contribution in [0.25, 0.3) is 0 Å². The Hall–Kier alpha value is -3.36. The van der Waals surface area contributed by atoms with Gasteiger partial charge in [-0.2, -0.15) is 0 Å². The number of rotatable bonds is 7. The Morgan fingerprint density at radius 2 is 1.61 bits per heavy atom. The number of benzene rings is 3. The highest BCUT2D eigenvalue weighted by Gasteiger charge is 2.17. The smallest absolute Gasteiger partial charge is 0.262 e. The van der Waals surface area contributed by atoms with Crippen molar-refractivity contribution in [1.82, 2.24) is 0 Å². The predicted molar refractivity (Wildman–Crippen MR) is 120 cm³/mol. The first-order valence-electron chi connectivity index (χ1n) is 9.12. The fourth-order valence-corrected chi connectivity index (χ4v) is 3.76. The number of hydrogen-bond acceptors (Lipinski definition) is 5. The Balaban J connectivity index is 1.72. The van der Waals surface area contributed by atoms with E-state index in [4.69, 9.17) is 16.3 Å². The van der Waals surface area contributed by atoms with E-state index in [1.807, 2.05) is 6.07 Å². The quantitative estimate of drug-likeness (QED) is 0.557. The van der Waals surface area contributed by atoms with E-state index in [-0.39, 0.29) is 21.9 Å². The zero-order valence-corrected chi connectivity index (χ0v) is 18.0. The van der Waals surface area contributed by atoms with Gasteiger partial charge in [0.25, 0.3) is 11.8 Å². The molecule has 0 aromatic heterocycles. The minimum atomic E-state index is -3.52. The lowest BCUT2D eigenvalue weighted by molar-refractivity contribution is -0.118. The monoisotopic (exact) mass is 458 g/mol. The third-order valence-electron chi connectivity index (χ3n) is 4.14. The van der Waals surface area contributed by atoms with Gasteiger partial charge in [-0.25, -0.2) is 8.42 Å². The Labute approximate surface area is 184 Å². The van der Waals surface area contributed by atoms with Crippen LogP contribution in [0, 0.1) is 0 Å². The molecule has 2 amide bonds. The third-order valence-corrected chi connectivity index (χ3v) is 5.53. The summed E-state index contributed by atoms with van der Waals surface area (Å²) in [4.78, 5) is 25.0. The first kappa shape index (κ1) is 22.3. The summed E-state index contributed by atoms with van der Waals surface area (Å²) >= 11 is 6.02. The molecule has 0 radical (unpaired) electrons. The van der Waals surface area contributed by atoms with Gasteiger partial charge in [0.1, 0.15) is 5.75 Å². The second kappa shape index (κ2) is 9.63. The first-order valence-corrected chi connectivity index (χ1v) is 11.4. The number of amides is 2. The van der Waals surface area contributed by atoms with Crippen LogP contribution in [0.15, 0.2) is 77.7 Å². The number of sulfone groups is 1. The van der Waals surface area contributed by atoms with Crippen molar-refractivity contribution < 1.29 is 22.7 Å². The second-order valence-electron chi connectivity index (χ2n) is 6.57. The maximum Gasteiger partial charge on any atom is 0.262 e. The highest BCUT2D eigenvalue weighted by molar-refractivity contribution is 7.90. The molecule has 3 rings (SSSR count). The van der Waals surface area contributed by atoms with E-state index in [9.17, 15) is 18.0 Å². The van der Waals surface area contributed by atoms with E-state index in [0.717, 1.165) is 6.26 Å². The number of halogens is 1. The molecule has 2 N–H and O–H groups in total. The minimum Gasteiger partial charge on any atom is -0.483 e. The van der Waals surface area contributed by atoms with Gasteiger partial charge in [-0.05, 0) is 42.5 Å². The van der Waals surface area contributed by atoms with Crippen LogP contribution in [-0.2, 0) is 14.6 Å². The van der Waals surface area contributed by atoms with Crippen LogP contribution < -0.4 is 15.4 Å². The molecule has 0 aliphatic carbocycles. The summed E-state index contributed by atoms with van der Waals surface area (Å²) in [7, 11) is -3.52. The van der Waals surface area contributed by atoms with E-state index in [1.165, 1.54) is 30.3 Å². The van der Waals surface area contributed by atoms with Crippen LogP contribution in [0.5, 0.6) is 5.75 Å². The molecular formula is C22H19ClN2O5S. The summed E-state index contributed by atoms with van der Waals surface area (Å²) in [6.45, 7) is -0.439. The van der Waals surface area contributed by atoms with Crippen molar-refractivity contribution in [3.8, 4) is 5.75 Å². The standard InChI is InChI=1S/C22H19ClN2O5S/c1-31(28,29)20-10-6-5-9-18(20)25-21(26)14-30-19-12-11-15(23)13-17(19)22(27)24-16-7-3-2-4-8-16/h2-13H,14H2,1H3,(H,24,27)(H,25,26). The molecule has 0 heterocycles. The number of ether oxygens (including phenoxy) is 1. The molecule has 0 fully saturated rings. The molecule has 0 aliphatic rings. The highest BCUT2D eigenvalue weighted by Crippen LogP contribution is 2.25. The van der Waals surface area contributed by atoms with Gasteiger partial charge >= 0.3 is 0 Å². The summed E-state index contributed by atoms with van der Waals surface area (Å²) in [5, 5.41) is 5.58. The van der Waals surface area contributed by atoms with Crippen LogP contribution in [0.4, 0.5) is 11.4 Å². The van der Waals surface area contributed by atoms with E-state index in [1.54, 1.807) is 36.4 Å². The molecule has 0 saturated carbocycles. The molecule has 0 unspecified atom stereocenters. The summed E-state index contributed by atoms with van der Waals surface area (Å²) in [6.07, 6.45) is 1.06. The number of carbonyl (C=O) groups excluding carboxylic acids is 2. The average molecular weight is 459 g/mol.